The molecule has 1 unspecified atom stereocenters. The van der Waals surface area contributed by atoms with Crippen LogP contribution in [0.2, 0.25) is 0 Å². The van der Waals surface area contributed by atoms with Crippen molar-refractivity contribution in [1.82, 2.24) is 10.6 Å². The van der Waals surface area contributed by atoms with Crippen molar-refractivity contribution in [3.8, 4) is 0 Å². The largest absolute Gasteiger partial charge is 0.479 e. The lowest BCUT2D eigenvalue weighted by atomic mass is 10.0. The van der Waals surface area contributed by atoms with Crippen LogP contribution in [0, 0.1) is 0 Å². The van der Waals surface area contributed by atoms with Crippen LogP contribution >= 0.6 is 0 Å². The van der Waals surface area contributed by atoms with Crippen molar-refractivity contribution >= 4 is 28.6 Å². The summed E-state index contributed by atoms with van der Waals surface area (Å²) in [6.07, 6.45) is 0.809. The van der Waals surface area contributed by atoms with Crippen molar-refractivity contribution in [2.45, 2.75) is 32.2 Å². The lowest BCUT2D eigenvalue weighted by Crippen LogP contribution is -2.34. The maximum absolute atomic E-state index is 12.0. The molecular formula is C19H22N2O4. The molecule has 0 aliphatic rings. The number of fused-ring (bicyclic) bond motifs is 1. The molecule has 0 bridgehead atoms. The first-order valence-corrected chi connectivity index (χ1v) is 8.29. The topological polar surface area (TPSA) is 95.5 Å². The highest BCUT2D eigenvalue weighted by molar-refractivity contribution is 5.89. The Balaban J connectivity index is 2.03. The molecule has 0 fully saturated rings. The van der Waals surface area contributed by atoms with Gasteiger partial charge in [-0.15, -0.1) is 0 Å². The molecule has 2 rings (SSSR count). The summed E-state index contributed by atoms with van der Waals surface area (Å²) in [7, 11) is 0. The number of carboxylic acid groups (broad SMARTS) is 1. The first-order valence-electron chi connectivity index (χ1n) is 8.29. The highest BCUT2D eigenvalue weighted by Crippen LogP contribution is 2.21. The first-order chi connectivity index (χ1) is 12.0. The quantitative estimate of drug-likeness (QED) is 0.686. The summed E-state index contributed by atoms with van der Waals surface area (Å²) >= 11 is 0. The van der Waals surface area contributed by atoms with Gasteiger partial charge in [-0.2, -0.15) is 0 Å². The maximum Gasteiger partial charge on any atom is 0.330 e. The van der Waals surface area contributed by atoms with Crippen LogP contribution in [0.15, 0.2) is 42.5 Å². The number of benzene rings is 2. The zero-order valence-electron chi connectivity index (χ0n) is 14.1. The van der Waals surface area contributed by atoms with E-state index >= 15 is 0 Å². The maximum atomic E-state index is 12.0. The van der Waals surface area contributed by atoms with Gasteiger partial charge >= 0.3 is 5.97 Å². The third kappa shape index (κ3) is 5.31. The van der Waals surface area contributed by atoms with E-state index in [1.165, 1.54) is 0 Å². The Hall–Kier alpha value is -2.89. The zero-order valence-corrected chi connectivity index (χ0v) is 14.1. The first kappa shape index (κ1) is 18.4. The van der Waals surface area contributed by atoms with Crippen molar-refractivity contribution in [3.63, 3.8) is 0 Å². The summed E-state index contributed by atoms with van der Waals surface area (Å²) in [5.74, 6) is -1.82. The van der Waals surface area contributed by atoms with Crippen molar-refractivity contribution in [3.05, 3.63) is 48.0 Å². The number of hydrogen-bond donors (Lipinski definition) is 3. The normalized spacial score (nSPS) is 11.7. The zero-order chi connectivity index (χ0) is 18.2. The number of carboxylic acids is 1. The van der Waals surface area contributed by atoms with E-state index < -0.39 is 17.9 Å². The van der Waals surface area contributed by atoms with Gasteiger partial charge in [0.15, 0.2) is 6.04 Å². The monoisotopic (exact) mass is 342 g/mol. The fourth-order valence-corrected chi connectivity index (χ4v) is 2.49. The second kappa shape index (κ2) is 8.82. The average molecular weight is 342 g/mol. The number of aliphatic carboxylic acids is 1. The minimum atomic E-state index is -1.14. The Labute approximate surface area is 146 Å². The molecule has 2 amide bonds. The molecule has 132 valence electrons. The number of nitrogens with one attached hydrogen (secondary N) is 2. The van der Waals surface area contributed by atoms with Crippen LogP contribution < -0.4 is 10.6 Å². The fraction of sp³-hybridized carbons (Fsp3) is 0.316. The number of rotatable bonds is 8. The Kier molecular flexibility index (Phi) is 6.51. The van der Waals surface area contributed by atoms with Crippen LogP contribution in [0.4, 0.5) is 0 Å². The van der Waals surface area contributed by atoms with Crippen LogP contribution in [0.25, 0.3) is 10.8 Å². The van der Waals surface area contributed by atoms with E-state index in [2.05, 4.69) is 10.6 Å². The molecule has 1 atom stereocenters. The predicted molar refractivity (Wildman–Crippen MR) is 95.0 cm³/mol. The summed E-state index contributed by atoms with van der Waals surface area (Å²) in [6, 6.07) is 11.7. The lowest BCUT2D eigenvalue weighted by Gasteiger charge is -2.15. The molecule has 0 radical (unpaired) electrons. The van der Waals surface area contributed by atoms with Gasteiger partial charge in [0.1, 0.15) is 0 Å². The molecule has 0 spiro atoms. The van der Waals surface area contributed by atoms with E-state index in [1.807, 2.05) is 37.3 Å². The van der Waals surface area contributed by atoms with Crippen molar-refractivity contribution in [1.29, 1.82) is 0 Å². The second-order valence-corrected chi connectivity index (χ2v) is 5.80. The Morgan fingerprint density at radius 1 is 1.00 bits per heavy atom. The van der Waals surface area contributed by atoms with Gasteiger partial charge in [-0.25, -0.2) is 4.79 Å². The van der Waals surface area contributed by atoms with Gasteiger partial charge in [0.2, 0.25) is 11.8 Å². The van der Waals surface area contributed by atoms with Crippen LogP contribution in [0.5, 0.6) is 0 Å². The Morgan fingerprint density at radius 2 is 1.68 bits per heavy atom. The number of carbonyl (C=O) groups is 3. The summed E-state index contributed by atoms with van der Waals surface area (Å²) in [5, 5.41) is 16.5. The lowest BCUT2D eigenvalue weighted by molar-refractivity contribution is -0.142. The molecule has 0 aliphatic carbocycles. The number of hydrogen-bond acceptors (Lipinski definition) is 3. The standard InChI is InChI=1S/C19H22N2O4/c1-2-11-20-16(22)9-10-17(23)21-18(19(24)25)15-8-7-13-5-3-4-6-14(13)12-15/h3-8,12,18H,2,9-11H2,1H3,(H,20,22)(H,21,23)(H,24,25). The van der Waals surface area contributed by atoms with E-state index in [9.17, 15) is 19.5 Å². The van der Waals surface area contributed by atoms with Crippen molar-refractivity contribution in [2.75, 3.05) is 6.54 Å². The smallest absolute Gasteiger partial charge is 0.330 e. The summed E-state index contributed by atoms with van der Waals surface area (Å²) in [6.45, 7) is 2.50. The Morgan fingerprint density at radius 3 is 2.36 bits per heavy atom. The third-order valence-corrected chi connectivity index (χ3v) is 3.81. The molecule has 3 N–H and O–H groups in total. The average Bonchev–Trinajstić information content (AvgIpc) is 2.62. The van der Waals surface area contributed by atoms with Crippen LogP contribution in [-0.4, -0.2) is 29.4 Å². The minimum absolute atomic E-state index is 0.0376. The van der Waals surface area contributed by atoms with E-state index in [4.69, 9.17) is 0 Å². The van der Waals surface area contributed by atoms with Crippen LogP contribution in [0.1, 0.15) is 37.8 Å². The molecule has 25 heavy (non-hydrogen) atoms. The van der Waals surface area contributed by atoms with Crippen LogP contribution in [0.3, 0.4) is 0 Å². The summed E-state index contributed by atoms with van der Waals surface area (Å²) < 4.78 is 0. The van der Waals surface area contributed by atoms with Gasteiger partial charge in [0.25, 0.3) is 0 Å². The second-order valence-electron chi connectivity index (χ2n) is 5.80. The van der Waals surface area contributed by atoms with Crippen molar-refractivity contribution in [2.24, 2.45) is 0 Å². The third-order valence-electron chi connectivity index (χ3n) is 3.81. The highest BCUT2D eigenvalue weighted by Gasteiger charge is 2.22. The molecule has 0 saturated heterocycles. The van der Waals surface area contributed by atoms with Gasteiger partial charge in [-0.05, 0) is 28.8 Å². The molecule has 0 aliphatic heterocycles. The fourth-order valence-electron chi connectivity index (χ4n) is 2.49. The molecule has 6 nitrogen and oxygen atoms in total. The number of amides is 2. The molecule has 2 aromatic rings. The van der Waals surface area contributed by atoms with E-state index in [1.54, 1.807) is 12.1 Å². The minimum Gasteiger partial charge on any atom is -0.479 e. The highest BCUT2D eigenvalue weighted by atomic mass is 16.4. The van der Waals surface area contributed by atoms with Gasteiger partial charge in [0.05, 0.1) is 0 Å². The van der Waals surface area contributed by atoms with Gasteiger partial charge in [0, 0.05) is 19.4 Å². The summed E-state index contributed by atoms with van der Waals surface area (Å²) in [4.78, 5) is 35.1. The predicted octanol–water partition coefficient (Wildman–Crippen LogP) is 2.39. The van der Waals surface area contributed by atoms with Gasteiger partial charge in [-0.1, -0.05) is 43.3 Å². The molecule has 2 aromatic carbocycles. The molecule has 6 heteroatoms. The molecular weight excluding hydrogens is 320 g/mol. The van der Waals surface area contributed by atoms with Crippen molar-refractivity contribution < 1.29 is 19.5 Å². The van der Waals surface area contributed by atoms with E-state index in [0.717, 1.165) is 17.2 Å². The van der Waals surface area contributed by atoms with E-state index in [0.29, 0.717) is 12.1 Å². The van der Waals surface area contributed by atoms with E-state index in [-0.39, 0.29) is 18.7 Å². The van der Waals surface area contributed by atoms with Gasteiger partial charge < -0.3 is 15.7 Å². The number of carbonyl (C=O) groups excluding carboxylic acids is 2. The van der Waals surface area contributed by atoms with Gasteiger partial charge in [-0.3, -0.25) is 9.59 Å². The summed E-state index contributed by atoms with van der Waals surface area (Å²) in [5.41, 5.74) is 0.495. The van der Waals surface area contributed by atoms with Crippen LogP contribution in [-0.2, 0) is 14.4 Å². The Bertz CT molecular complexity index is 773. The molecule has 0 heterocycles. The molecule has 0 saturated carbocycles. The molecule has 0 aromatic heterocycles. The SMILES string of the molecule is CCCNC(=O)CCC(=O)NC(C(=O)O)c1ccc2ccccc2c1.